The molecule has 0 aromatic heterocycles. The molecule has 0 unspecified atom stereocenters. The van der Waals surface area contributed by atoms with Crippen molar-refractivity contribution in [2.45, 2.75) is 56.7 Å². The first-order valence-electron chi connectivity index (χ1n) is 6.98. The Morgan fingerprint density at radius 2 is 1.72 bits per heavy atom. The minimum atomic E-state index is -0.243. The number of nitrogens with zero attached hydrogens (tertiary/aromatic N) is 1. The fraction of sp³-hybridized carbons (Fsp3) is 0.846. The predicted octanol–water partition coefficient (Wildman–Crippen LogP) is -0.00670. The van der Waals surface area contributed by atoms with Gasteiger partial charge in [-0.2, -0.15) is 0 Å². The van der Waals surface area contributed by atoms with Crippen molar-refractivity contribution in [2.24, 2.45) is 11.7 Å². The molecule has 2 amide bonds. The molecule has 2 aliphatic heterocycles. The Morgan fingerprint density at radius 3 is 2.22 bits per heavy atom. The van der Waals surface area contributed by atoms with Crippen LogP contribution in [0.3, 0.4) is 0 Å². The average Bonchev–Trinajstić information content (AvgIpc) is 3.10. The highest BCUT2D eigenvalue weighted by atomic mass is 16.2. The Bertz CT molecular complexity index is 353. The molecule has 100 valence electrons. The first kappa shape index (κ1) is 12.0. The molecule has 5 heteroatoms. The smallest absolute Gasteiger partial charge is 0.231 e. The number of rotatable bonds is 4. The SMILES string of the molecule is NC(=O)CN1[C@@H]2CC[C@@H]1CC(NC(=O)C1CC1)C2. The van der Waals surface area contributed by atoms with Gasteiger partial charge in [-0.1, -0.05) is 0 Å². The summed E-state index contributed by atoms with van der Waals surface area (Å²) in [5.74, 6) is 0.279. The Balaban J connectivity index is 1.57. The molecule has 2 bridgehead atoms. The zero-order valence-corrected chi connectivity index (χ0v) is 10.6. The summed E-state index contributed by atoms with van der Waals surface area (Å²) in [5, 5.41) is 3.17. The number of primary amides is 1. The van der Waals surface area contributed by atoms with Crippen LogP contribution in [0.4, 0.5) is 0 Å². The first-order chi connectivity index (χ1) is 8.63. The minimum absolute atomic E-state index is 0.239. The number of fused-ring (bicyclic) bond motifs is 2. The zero-order chi connectivity index (χ0) is 12.7. The van der Waals surface area contributed by atoms with E-state index in [2.05, 4.69) is 10.2 Å². The predicted molar refractivity (Wildman–Crippen MR) is 66.6 cm³/mol. The molecular formula is C13H21N3O2. The van der Waals surface area contributed by atoms with Crippen LogP contribution < -0.4 is 11.1 Å². The lowest BCUT2D eigenvalue weighted by atomic mass is 9.97. The number of nitrogens with two attached hydrogens (primary N) is 1. The van der Waals surface area contributed by atoms with Gasteiger partial charge in [0.1, 0.15) is 0 Å². The van der Waals surface area contributed by atoms with Crippen molar-refractivity contribution in [1.82, 2.24) is 10.2 Å². The van der Waals surface area contributed by atoms with E-state index in [1.54, 1.807) is 0 Å². The van der Waals surface area contributed by atoms with E-state index in [9.17, 15) is 9.59 Å². The third-order valence-corrected chi connectivity index (χ3v) is 4.52. The molecule has 2 heterocycles. The van der Waals surface area contributed by atoms with Crippen molar-refractivity contribution in [1.29, 1.82) is 0 Å². The van der Waals surface area contributed by atoms with Crippen molar-refractivity contribution >= 4 is 11.8 Å². The molecule has 0 aromatic carbocycles. The quantitative estimate of drug-likeness (QED) is 0.738. The summed E-state index contributed by atoms with van der Waals surface area (Å²) in [4.78, 5) is 25.1. The fourth-order valence-corrected chi connectivity index (χ4v) is 3.49. The van der Waals surface area contributed by atoms with Gasteiger partial charge in [-0.3, -0.25) is 14.5 Å². The summed E-state index contributed by atoms with van der Waals surface area (Å²) in [5.41, 5.74) is 5.29. The van der Waals surface area contributed by atoms with Gasteiger partial charge in [0, 0.05) is 24.0 Å². The number of amides is 2. The van der Waals surface area contributed by atoms with E-state index >= 15 is 0 Å². The van der Waals surface area contributed by atoms with Gasteiger partial charge >= 0.3 is 0 Å². The van der Waals surface area contributed by atoms with E-state index in [0.717, 1.165) is 38.5 Å². The second-order valence-corrected chi connectivity index (χ2v) is 5.97. The maximum Gasteiger partial charge on any atom is 0.231 e. The van der Waals surface area contributed by atoms with Crippen molar-refractivity contribution in [3.63, 3.8) is 0 Å². The van der Waals surface area contributed by atoms with Gasteiger partial charge in [0.2, 0.25) is 11.8 Å². The van der Waals surface area contributed by atoms with Crippen LogP contribution in [0.25, 0.3) is 0 Å². The van der Waals surface area contributed by atoms with Gasteiger partial charge in [-0.25, -0.2) is 0 Å². The third kappa shape index (κ3) is 2.36. The van der Waals surface area contributed by atoms with Gasteiger partial charge in [-0.15, -0.1) is 0 Å². The third-order valence-electron chi connectivity index (χ3n) is 4.52. The van der Waals surface area contributed by atoms with Crippen LogP contribution in [0.5, 0.6) is 0 Å². The largest absolute Gasteiger partial charge is 0.369 e. The van der Waals surface area contributed by atoms with Gasteiger partial charge < -0.3 is 11.1 Å². The Hall–Kier alpha value is -1.10. The summed E-state index contributed by atoms with van der Waals surface area (Å²) in [7, 11) is 0. The van der Waals surface area contributed by atoms with Crippen LogP contribution in [-0.4, -0.2) is 41.4 Å². The van der Waals surface area contributed by atoms with Crippen LogP contribution in [0.15, 0.2) is 0 Å². The van der Waals surface area contributed by atoms with Crippen molar-refractivity contribution in [3.8, 4) is 0 Å². The van der Waals surface area contributed by atoms with Crippen molar-refractivity contribution in [2.75, 3.05) is 6.54 Å². The van der Waals surface area contributed by atoms with E-state index in [-0.39, 0.29) is 17.7 Å². The van der Waals surface area contributed by atoms with E-state index in [1.807, 2.05) is 0 Å². The molecule has 1 aliphatic carbocycles. The summed E-state index contributed by atoms with van der Waals surface area (Å²) >= 11 is 0. The molecule has 2 atom stereocenters. The maximum atomic E-state index is 11.8. The van der Waals surface area contributed by atoms with E-state index in [0.29, 0.717) is 24.7 Å². The Labute approximate surface area is 107 Å². The van der Waals surface area contributed by atoms with Crippen molar-refractivity contribution in [3.05, 3.63) is 0 Å². The van der Waals surface area contributed by atoms with Crippen LogP contribution in [0, 0.1) is 5.92 Å². The lowest BCUT2D eigenvalue weighted by Gasteiger charge is -2.38. The average molecular weight is 251 g/mol. The normalized spacial score (nSPS) is 35.4. The zero-order valence-electron chi connectivity index (χ0n) is 10.6. The molecular weight excluding hydrogens is 230 g/mol. The second kappa shape index (κ2) is 4.53. The summed E-state index contributed by atoms with van der Waals surface area (Å²) < 4.78 is 0. The highest BCUT2D eigenvalue weighted by Crippen LogP contribution is 2.36. The standard InChI is InChI=1S/C13H21N3O2/c14-12(17)7-16-10-3-4-11(16)6-9(5-10)15-13(18)8-1-2-8/h8-11H,1-7H2,(H2,14,17)(H,15,18)/t10-,11-/m1/s1. The molecule has 0 aromatic rings. The molecule has 3 N–H and O–H groups in total. The number of piperidine rings is 1. The van der Waals surface area contributed by atoms with Crippen LogP contribution >= 0.6 is 0 Å². The number of hydrogen-bond acceptors (Lipinski definition) is 3. The summed E-state index contributed by atoms with van der Waals surface area (Å²) in [6.45, 7) is 0.374. The van der Waals surface area contributed by atoms with Crippen LogP contribution in [-0.2, 0) is 9.59 Å². The van der Waals surface area contributed by atoms with Gasteiger partial charge in [0.05, 0.1) is 6.54 Å². The lowest BCUT2D eigenvalue weighted by Crippen LogP contribution is -2.52. The molecule has 3 rings (SSSR count). The van der Waals surface area contributed by atoms with E-state index in [4.69, 9.17) is 5.73 Å². The molecule has 2 saturated heterocycles. The fourth-order valence-electron chi connectivity index (χ4n) is 3.49. The van der Waals surface area contributed by atoms with Crippen molar-refractivity contribution < 1.29 is 9.59 Å². The minimum Gasteiger partial charge on any atom is -0.369 e. The number of carbonyl (C=O) groups is 2. The Kier molecular flexibility index (Phi) is 3.01. The van der Waals surface area contributed by atoms with Gasteiger partial charge in [0.15, 0.2) is 0 Å². The van der Waals surface area contributed by atoms with E-state index < -0.39 is 0 Å². The first-order valence-corrected chi connectivity index (χ1v) is 6.98. The molecule has 3 aliphatic rings. The van der Waals surface area contributed by atoms with Crippen LogP contribution in [0.1, 0.15) is 38.5 Å². The molecule has 5 nitrogen and oxygen atoms in total. The topological polar surface area (TPSA) is 75.4 Å². The highest BCUT2D eigenvalue weighted by Gasteiger charge is 2.42. The molecule has 3 fully saturated rings. The van der Waals surface area contributed by atoms with Gasteiger partial charge in [0.25, 0.3) is 0 Å². The summed E-state index contributed by atoms with van der Waals surface area (Å²) in [6, 6.07) is 1.17. The number of nitrogens with one attached hydrogen (secondary N) is 1. The number of hydrogen-bond donors (Lipinski definition) is 2. The monoisotopic (exact) mass is 251 g/mol. The Morgan fingerprint density at radius 1 is 1.11 bits per heavy atom. The molecule has 1 saturated carbocycles. The maximum absolute atomic E-state index is 11.8. The molecule has 0 radical (unpaired) electrons. The molecule has 0 spiro atoms. The highest BCUT2D eigenvalue weighted by molar-refractivity contribution is 5.81. The van der Waals surface area contributed by atoms with Gasteiger partial charge in [-0.05, 0) is 38.5 Å². The van der Waals surface area contributed by atoms with Crippen LogP contribution in [0.2, 0.25) is 0 Å². The van der Waals surface area contributed by atoms with E-state index in [1.165, 1.54) is 0 Å². The lowest BCUT2D eigenvalue weighted by molar-refractivity contribution is -0.124. The summed E-state index contributed by atoms with van der Waals surface area (Å²) in [6.07, 6.45) is 6.32. The number of carbonyl (C=O) groups excluding carboxylic acids is 2. The second-order valence-electron chi connectivity index (χ2n) is 5.97. The molecule has 18 heavy (non-hydrogen) atoms.